The standard InChI is InChI=1S/C25H18ClN3O4/c1-32-16-5-3-15-12-27-13-23(20(15)11-16)29-24(30)18-7-4-14(9-22(18)28-25(29)31)19-10-17(33-2)6-8-21(19)26/h3-13H,1-2H3,(H,28,31). The first kappa shape index (κ1) is 20.8. The fourth-order valence-electron chi connectivity index (χ4n) is 3.89. The van der Waals surface area contributed by atoms with Crippen LogP contribution < -0.4 is 20.7 Å². The van der Waals surface area contributed by atoms with Crippen molar-refractivity contribution in [3.05, 3.63) is 92.9 Å². The van der Waals surface area contributed by atoms with E-state index >= 15 is 0 Å². The second-order valence-corrected chi connectivity index (χ2v) is 7.83. The predicted molar refractivity (Wildman–Crippen MR) is 129 cm³/mol. The number of nitrogens with one attached hydrogen (secondary N) is 1. The van der Waals surface area contributed by atoms with Gasteiger partial charge in [-0.1, -0.05) is 17.7 Å². The number of aromatic amines is 1. The predicted octanol–water partition coefficient (Wildman–Crippen LogP) is 4.56. The van der Waals surface area contributed by atoms with Gasteiger partial charge >= 0.3 is 5.69 Å². The van der Waals surface area contributed by atoms with Gasteiger partial charge in [-0.2, -0.15) is 0 Å². The van der Waals surface area contributed by atoms with E-state index < -0.39 is 11.2 Å². The van der Waals surface area contributed by atoms with Crippen LogP contribution in [-0.2, 0) is 0 Å². The van der Waals surface area contributed by atoms with Crippen molar-refractivity contribution in [2.24, 2.45) is 0 Å². The molecule has 0 aliphatic heterocycles. The first-order valence-corrected chi connectivity index (χ1v) is 10.4. The van der Waals surface area contributed by atoms with E-state index in [1.165, 1.54) is 6.20 Å². The number of hydrogen-bond donors (Lipinski definition) is 1. The molecule has 7 nitrogen and oxygen atoms in total. The Morgan fingerprint density at radius 2 is 1.64 bits per heavy atom. The number of ether oxygens (including phenoxy) is 2. The molecule has 0 atom stereocenters. The zero-order chi connectivity index (χ0) is 23.1. The molecule has 0 fully saturated rings. The number of aromatic nitrogens is 3. The van der Waals surface area contributed by atoms with Gasteiger partial charge in [0.25, 0.3) is 5.56 Å². The summed E-state index contributed by atoms with van der Waals surface area (Å²) in [4.78, 5) is 33.5. The van der Waals surface area contributed by atoms with Crippen molar-refractivity contribution in [3.63, 3.8) is 0 Å². The Labute approximate surface area is 192 Å². The molecular formula is C25H18ClN3O4. The number of methoxy groups -OCH3 is 2. The molecule has 1 N–H and O–H groups in total. The van der Waals surface area contributed by atoms with Crippen LogP contribution in [0.15, 0.2) is 76.6 Å². The third-order valence-corrected chi connectivity index (χ3v) is 5.90. The molecular weight excluding hydrogens is 442 g/mol. The normalized spacial score (nSPS) is 11.1. The SMILES string of the molecule is COc1ccc(Cl)c(-c2ccc3c(=O)n(-c4cncc5ccc(OC)cc45)c(=O)[nH]c3c2)c1. The number of nitrogens with zero attached hydrogens (tertiary/aromatic N) is 2. The van der Waals surface area contributed by atoms with Crippen LogP contribution in [0.5, 0.6) is 11.5 Å². The van der Waals surface area contributed by atoms with E-state index in [2.05, 4.69) is 9.97 Å². The van der Waals surface area contributed by atoms with Crippen LogP contribution in [0.4, 0.5) is 0 Å². The van der Waals surface area contributed by atoms with Crippen molar-refractivity contribution in [1.29, 1.82) is 0 Å². The zero-order valence-electron chi connectivity index (χ0n) is 17.8. The molecule has 0 bridgehead atoms. The van der Waals surface area contributed by atoms with Gasteiger partial charge in [-0.15, -0.1) is 0 Å². The minimum atomic E-state index is -0.571. The third kappa shape index (κ3) is 3.52. The Hall–Kier alpha value is -4.10. The Morgan fingerprint density at radius 3 is 2.42 bits per heavy atom. The van der Waals surface area contributed by atoms with E-state index in [1.54, 1.807) is 68.9 Å². The van der Waals surface area contributed by atoms with Crippen LogP contribution in [0, 0.1) is 0 Å². The Kier molecular flexibility index (Phi) is 5.11. The molecule has 0 spiro atoms. The largest absolute Gasteiger partial charge is 0.497 e. The van der Waals surface area contributed by atoms with Gasteiger partial charge in [-0.05, 0) is 54.1 Å². The first-order chi connectivity index (χ1) is 16.0. The van der Waals surface area contributed by atoms with Crippen LogP contribution in [0.25, 0.3) is 38.5 Å². The molecule has 164 valence electrons. The molecule has 5 aromatic rings. The van der Waals surface area contributed by atoms with Crippen molar-refractivity contribution in [3.8, 4) is 28.3 Å². The van der Waals surface area contributed by atoms with Crippen molar-refractivity contribution in [2.75, 3.05) is 14.2 Å². The molecule has 0 unspecified atom stereocenters. The smallest absolute Gasteiger partial charge is 0.333 e. The maximum atomic E-state index is 13.4. The van der Waals surface area contributed by atoms with Crippen LogP contribution in [0.3, 0.4) is 0 Å². The number of H-pyrrole nitrogens is 1. The minimum absolute atomic E-state index is 0.359. The quantitative estimate of drug-likeness (QED) is 0.425. The summed E-state index contributed by atoms with van der Waals surface area (Å²) in [6.45, 7) is 0. The molecule has 0 aliphatic carbocycles. The highest BCUT2D eigenvalue weighted by Crippen LogP contribution is 2.32. The van der Waals surface area contributed by atoms with E-state index in [4.69, 9.17) is 21.1 Å². The lowest BCUT2D eigenvalue weighted by Gasteiger charge is -2.12. The third-order valence-electron chi connectivity index (χ3n) is 5.57. The highest BCUT2D eigenvalue weighted by Gasteiger charge is 2.15. The number of fused-ring (bicyclic) bond motifs is 2. The molecule has 0 saturated heterocycles. The number of rotatable bonds is 4. The van der Waals surface area contributed by atoms with Gasteiger partial charge in [-0.25, -0.2) is 9.36 Å². The number of pyridine rings is 1. The molecule has 0 aliphatic rings. The summed E-state index contributed by atoms with van der Waals surface area (Å²) in [6.07, 6.45) is 3.16. The molecule has 0 saturated carbocycles. The lowest BCUT2D eigenvalue weighted by molar-refractivity contribution is 0.415. The molecule has 33 heavy (non-hydrogen) atoms. The molecule has 2 heterocycles. The topological polar surface area (TPSA) is 86.2 Å². The van der Waals surface area contributed by atoms with Gasteiger partial charge in [0.15, 0.2) is 0 Å². The summed E-state index contributed by atoms with van der Waals surface area (Å²) in [7, 11) is 3.13. The van der Waals surface area contributed by atoms with Crippen LogP contribution in [-0.4, -0.2) is 28.8 Å². The lowest BCUT2D eigenvalue weighted by atomic mass is 10.0. The number of benzene rings is 3. The van der Waals surface area contributed by atoms with E-state index in [0.29, 0.717) is 38.5 Å². The summed E-state index contributed by atoms with van der Waals surface area (Å²) >= 11 is 6.38. The molecule has 0 amide bonds. The molecule has 3 aromatic carbocycles. The zero-order valence-corrected chi connectivity index (χ0v) is 18.5. The van der Waals surface area contributed by atoms with Crippen molar-refractivity contribution < 1.29 is 9.47 Å². The van der Waals surface area contributed by atoms with Crippen LogP contribution in [0.1, 0.15) is 0 Å². The van der Waals surface area contributed by atoms with Gasteiger partial charge in [0.05, 0.1) is 37.0 Å². The number of hydrogen-bond acceptors (Lipinski definition) is 5. The summed E-state index contributed by atoms with van der Waals surface area (Å²) in [5.74, 6) is 1.26. The van der Waals surface area contributed by atoms with E-state index in [-0.39, 0.29) is 0 Å². The van der Waals surface area contributed by atoms with Gasteiger partial charge in [-0.3, -0.25) is 9.78 Å². The highest BCUT2D eigenvalue weighted by molar-refractivity contribution is 6.33. The Morgan fingerprint density at radius 1 is 0.879 bits per heavy atom. The fraction of sp³-hybridized carbons (Fsp3) is 0.0800. The summed E-state index contributed by atoms with van der Waals surface area (Å²) in [5, 5.41) is 2.35. The highest BCUT2D eigenvalue weighted by atomic mass is 35.5. The van der Waals surface area contributed by atoms with Crippen molar-refractivity contribution >= 4 is 33.3 Å². The second-order valence-electron chi connectivity index (χ2n) is 7.42. The molecule has 5 rings (SSSR count). The van der Waals surface area contributed by atoms with Gasteiger partial charge in [0, 0.05) is 27.6 Å². The maximum absolute atomic E-state index is 13.4. The lowest BCUT2D eigenvalue weighted by Crippen LogP contribution is -2.33. The Bertz CT molecular complexity index is 1660. The summed E-state index contributed by atoms with van der Waals surface area (Å²) in [5.41, 5.74) is 1.24. The average Bonchev–Trinajstić information content (AvgIpc) is 2.83. The maximum Gasteiger partial charge on any atom is 0.333 e. The monoisotopic (exact) mass is 459 g/mol. The Balaban J connectivity index is 1.73. The van der Waals surface area contributed by atoms with Gasteiger partial charge < -0.3 is 14.5 Å². The van der Waals surface area contributed by atoms with Crippen molar-refractivity contribution in [2.45, 2.75) is 0 Å². The number of halogens is 1. The average molecular weight is 460 g/mol. The molecule has 8 heteroatoms. The van der Waals surface area contributed by atoms with Gasteiger partial charge in [0.1, 0.15) is 11.5 Å². The second kappa shape index (κ2) is 8.11. The molecule has 2 aromatic heterocycles. The van der Waals surface area contributed by atoms with Gasteiger partial charge in [0.2, 0.25) is 0 Å². The first-order valence-electron chi connectivity index (χ1n) is 10.1. The minimum Gasteiger partial charge on any atom is -0.497 e. The van der Waals surface area contributed by atoms with E-state index in [1.807, 2.05) is 6.07 Å². The molecule has 0 radical (unpaired) electrons. The summed E-state index contributed by atoms with van der Waals surface area (Å²) in [6, 6.07) is 15.9. The van der Waals surface area contributed by atoms with E-state index in [9.17, 15) is 9.59 Å². The van der Waals surface area contributed by atoms with Crippen LogP contribution in [0.2, 0.25) is 5.02 Å². The summed E-state index contributed by atoms with van der Waals surface area (Å²) < 4.78 is 11.7. The van der Waals surface area contributed by atoms with Crippen molar-refractivity contribution in [1.82, 2.24) is 14.5 Å². The van der Waals surface area contributed by atoms with E-state index in [0.717, 1.165) is 21.1 Å². The van der Waals surface area contributed by atoms with Crippen LogP contribution >= 0.6 is 11.6 Å². The fourth-order valence-corrected chi connectivity index (χ4v) is 4.12.